The van der Waals surface area contributed by atoms with E-state index in [1.807, 2.05) is 4.90 Å². The molecule has 3 rings (SSSR count). The predicted molar refractivity (Wildman–Crippen MR) is 76.8 cm³/mol. The molecule has 1 aromatic carbocycles. The van der Waals surface area contributed by atoms with Crippen molar-refractivity contribution in [2.45, 2.75) is 25.7 Å². The zero-order chi connectivity index (χ0) is 14.7. The van der Waals surface area contributed by atoms with Gasteiger partial charge < -0.3 is 14.4 Å². The molecular weight excluding hydrogens is 276 g/mol. The van der Waals surface area contributed by atoms with Crippen molar-refractivity contribution in [1.29, 1.82) is 0 Å². The molecule has 0 aromatic heterocycles. The Hall–Kier alpha value is -1.36. The molecule has 0 amide bonds. The van der Waals surface area contributed by atoms with Crippen LogP contribution >= 0.6 is 0 Å². The van der Waals surface area contributed by atoms with Crippen molar-refractivity contribution < 1.29 is 18.3 Å². The second-order valence-corrected chi connectivity index (χ2v) is 5.80. The Morgan fingerprint density at radius 3 is 2.33 bits per heavy atom. The van der Waals surface area contributed by atoms with Crippen LogP contribution in [0.5, 0.6) is 5.75 Å². The fraction of sp³-hybridized carbons (Fsp3) is 0.625. The van der Waals surface area contributed by atoms with Gasteiger partial charge in [0.1, 0.15) is 0 Å². The maximum Gasteiger partial charge on any atom is 0.190 e. The van der Waals surface area contributed by atoms with Crippen molar-refractivity contribution >= 4 is 5.69 Å². The van der Waals surface area contributed by atoms with Crippen LogP contribution in [0.4, 0.5) is 14.5 Å². The number of hydrogen-bond acceptors (Lipinski definition) is 3. The summed E-state index contributed by atoms with van der Waals surface area (Å²) in [6.07, 6.45) is 3.92. The normalized spacial score (nSPS) is 20.0. The molecule has 2 heterocycles. The molecule has 2 fully saturated rings. The quantitative estimate of drug-likeness (QED) is 0.850. The monoisotopic (exact) mass is 297 g/mol. The summed E-state index contributed by atoms with van der Waals surface area (Å²) in [5.41, 5.74) is 0.612. The molecule has 21 heavy (non-hydrogen) atoms. The lowest BCUT2D eigenvalue weighted by molar-refractivity contribution is 0.0485. The van der Waals surface area contributed by atoms with Crippen LogP contribution in [0.25, 0.3) is 0 Å². The molecule has 1 aromatic rings. The smallest absolute Gasteiger partial charge is 0.190 e. The zero-order valence-corrected chi connectivity index (χ0v) is 12.1. The molecule has 116 valence electrons. The summed E-state index contributed by atoms with van der Waals surface area (Å²) in [5, 5.41) is 0. The highest BCUT2D eigenvalue weighted by Crippen LogP contribution is 2.30. The van der Waals surface area contributed by atoms with Crippen molar-refractivity contribution in [2.24, 2.45) is 5.92 Å². The number of hydrogen-bond donors (Lipinski definition) is 0. The summed E-state index contributed by atoms with van der Waals surface area (Å²) in [6.45, 7) is 3.47. The average Bonchev–Trinajstić information content (AvgIpc) is 3.01. The molecule has 5 heteroatoms. The number of benzene rings is 1. The van der Waals surface area contributed by atoms with E-state index < -0.39 is 11.6 Å². The third-order valence-electron chi connectivity index (χ3n) is 4.26. The second-order valence-electron chi connectivity index (χ2n) is 5.80. The van der Waals surface area contributed by atoms with Crippen LogP contribution in [0, 0.1) is 17.6 Å². The van der Waals surface area contributed by atoms with Crippen LogP contribution in [-0.4, -0.2) is 32.9 Å². The summed E-state index contributed by atoms with van der Waals surface area (Å²) in [7, 11) is 0. The van der Waals surface area contributed by atoms with Gasteiger partial charge in [-0.3, -0.25) is 0 Å². The van der Waals surface area contributed by atoms with Gasteiger partial charge >= 0.3 is 0 Å². The Morgan fingerprint density at radius 2 is 1.71 bits per heavy atom. The largest absolute Gasteiger partial charge is 0.487 e. The highest BCUT2D eigenvalue weighted by Gasteiger charge is 2.20. The van der Waals surface area contributed by atoms with Gasteiger partial charge in [0.15, 0.2) is 17.4 Å². The van der Waals surface area contributed by atoms with Gasteiger partial charge in [0.25, 0.3) is 0 Å². The fourth-order valence-electron chi connectivity index (χ4n) is 2.96. The number of rotatable bonds is 4. The Balaban J connectivity index is 1.67. The summed E-state index contributed by atoms with van der Waals surface area (Å²) < 4.78 is 38.9. The third kappa shape index (κ3) is 3.46. The SMILES string of the molecule is Fc1cc(N2CCCC2)cc(F)c1OCC1CCOCC1. The van der Waals surface area contributed by atoms with E-state index in [0.29, 0.717) is 31.4 Å². The molecule has 2 saturated heterocycles. The topological polar surface area (TPSA) is 21.7 Å². The fourth-order valence-corrected chi connectivity index (χ4v) is 2.96. The Bertz CT molecular complexity index is 460. The van der Waals surface area contributed by atoms with E-state index in [9.17, 15) is 8.78 Å². The highest BCUT2D eigenvalue weighted by atomic mass is 19.1. The van der Waals surface area contributed by atoms with Crippen molar-refractivity contribution in [2.75, 3.05) is 37.8 Å². The van der Waals surface area contributed by atoms with Crippen LogP contribution in [-0.2, 0) is 4.74 Å². The van der Waals surface area contributed by atoms with Gasteiger partial charge in [0, 0.05) is 44.1 Å². The molecule has 0 radical (unpaired) electrons. The van der Waals surface area contributed by atoms with E-state index in [4.69, 9.17) is 9.47 Å². The van der Waals surface area contributed by atoms with Crippen LogP contribution < -0.4 is 9.64 Å². The van der Waals surface area contributed by atoms with Gasteiger partial charge in [-0.1, -0.05) is 0 Å². The molecule has 2 aliphatic heterocycles. The van der Waals surface area contributed by atoms with Gasteiger partial charge in [-0.15, -0.1) is 0 Å². The molecular formula is C16H21F2NO2. The van der Waals surface area contributed by atoms with Crippen LogP contribution in [0.15, 0.2) is 12.1 Å². The average molecular weight is 297 g/mol. The lowest BCUT2D eigenvalue weighted by Crippen LogP contribution is -2.22. The molecule has 0 bridgehead atoms. The first-order valence-electron chi connectivity index (χ1n) is 7.68. The number of ether oxygens (including phenoxy) is 2. The Kier molecular flexibility index (Phi) is 4.58. The van der Waals surface area contributed by atoms with Gasteiger partial charge in [0.2, 0.25) is 0 Å². The van der Waals surface area contributed by atoms with Crippen LogP contribution in [0.1, 0.15) is 25.7 Å². The highest BCUT2D eigenvalue weighted by molar-refractivity contribution is 5.51. The van der Waals surface area contributed by atoms with E-state index in [2.05, 4.69) is 0 Å². The van der Waals surface area contributed by atoms with Crippen molar-refractivity contribution in [3.8, 4) is 5.75 Å². The molecule has 0 atom stereocenters. The molecule has 3 nitrogen and oxygen atoms in total. The minimum Gasteiger partial charge on any atom is -0.487 e. The summed E-state index contributed by atoms with van der Waals surface area (Å²) >= 11 is 0. The summed E-state index contributed by atoms with van der Waals surface area (Å²) in [5.74, 6) is -1.15. The maximum absolute atomic E-state index is 14.1. The first kappa shape index (κ1) is 14.6. The predicted octanol–water partition coefficient (Wildman–Crippen LogP) is 3.37. The van der Waals surface area contributed by atoms with Gasteiger partial charge in [-0.05, 0) is 31.6 Å². The molecule has 2 aliphatic rings. The second kappa shape index (κ2) is 6.60. The molecule has 0 unspecified atom stereocenters. The lowest BCUT2D eigenvalue weighted by Gasteiger charge is -2.23. The van der Waals surface area contributed by atoms with E-state index in [-0.39, 0.29) is 5.75 Å². The Labute approximate surface area is 123 Å². The van der Waals surface area contributed by atoms with Gasteiger partial charge in [-0.2, -0.15) is 0 Å². The minimum absolute atomic E-state index is 0.246. The van der Waals surface area contributed by atoms with Crippen molar-refractivity contribution in [1.82, 2.24) is 0 Å². The molecule has 0 aliphatic carbocycles. The molecule has 0 spiro atoms. The standard InChI is InChI=1S/C16H21F2NO2/c17-14-9-13(19-5-1-2-6-19)10-15(18)16(14)21-11-12-3-7-20-8-4-12/h9-10,12H,1-8,11H2. The van der Waals surface area contributed by atoms with Crippen molar-refractivity contribution in [3.63, 3.8) is 0 Å². The first-order chi connectivity index (χ1) is 10.2. The molecule has 0 saturated carbocycles. The summed E-state index contributed by atoms with van der Waals surface area (Å²) in [6, 6.07) is 2.77. The molecule has 0 N–H and O–H groups in total. The van der Waals surface area contributed by atoms with Crippen LogP contribution in [0.3, 0.4) is 0 Å². The van der Waals surface area contributed by atoms with Crippen molar-refractivity contribution in [3.05, 3.63) is 23.8 Å². The number of nitrogens with zero attached hydrogens (tertiary/aromatic N) is 1. The number of halogens is 2. The lowest BCUT2D eigenvalue weighted by atomic mass is 10.0. The van der Waals surface area contributed by atoms with Gasteiger partial charge in [0.05, 0.1) is 6.61 Å². The summed E-state index contributed by atoms with van der Waals surface area (Å²) in [4.78, 5) is 2.01. The minimum atomic E-state index is -0.607. The Morgan fingerprint density at radius 1 is 1.10 bits per heavy atom. The van der Waals surface area contributed by atoms with Gasteiger partial charge in [-0.25, -0.2) is 8.78 Å². The number of anilines is 1. The zero-order valence-electron chi connectivity index (χ0n) is 12.1. The third-order valence-corrected chi connectivity index (χ3v) is 4.26. The first-order valence-corrected chi connectivity index (χ1v) is 7.68. The van der Waals surface area contributed by atoms with E-state index in [0.717, 1.165) is 38.8 Å². The van der Waals surface area contributed by atoms with E-state index in [1.165, 1.54) is 12.1 Å². The van der Waals surface area contributed by atoms with Crippen LogP contribution in [0.2, 0.25) is 0 Å². The van der Waals surface area contributed by atoms with E-state index in [1.54, 1.807) is 0 Å². The van der Waals surface area contributed by atoms with E-state index >= 15 is 0 Å². The maximum atomic E-state index is 14.1.